The van der Waals surface area contributed by atoms with Crippen molar-refractivity contribution < 1.29 is 18.7 Å². The van der Waals surface area contributed by atoms with Crippen molar-refractivity contribution in [2.24, 2.45) is 0 Å². The molecule has 2 heterocycles. The lowest BCUT2D eigenvalue weighted by atomic mass is 9.98. The molecule has 1 aromatic heterocycles. The van der Waals surface area contributed by atoms with Gasteiger partial charge in [0.05, 0.1) is 43.8 Å². The highest BCUT2D eigenvalue weighted by molar-refractivity contribution is 5.95. The average Bonchev–Trinajstić information content (AvgIpc) is 3.01. The molecule has 1 aromatic carbocycles. The minimum atomic E-state index is -0.509. The lowest BCUT2D eigenvalue weighted by Gasteiger charge is -2.24. The number of aromatic nitrogens is 2. The van der Waals surface area contributed by atoms with Gasteiger partial charge in [0.2, 0.25) is 0 Å². The van der Waals surface area contributed by atoms with Gasteiger partial charge in [0, 0.05) is 25.1 Å². The summed E-state index contributed by atoms with van der Waals surface area (Å²) in [6.45, 7) is 4.31. The van der Waals surface area contributed by atoms with Gasteiger partial charge in [0.25, 0.3) is 5.91 Å². The summed E-state index contributed by atoms with van der Waals surface area (Å²) < 4.78 is 26.5. The Morgan fingerprint density at radius 1 is 1.52 bits per heavy atom. The zero-order valence-corrected chi connectivity index (χ0v) is 14.4. The predicted molar refractivity (Wildman–Crippen MR) is 90.0 cm³/mol. The van der Waals surface area contributed by atoms with Gasteiger partial charge in [-0.1, -0.05) is 12.1 Å². The van der Waals surface area contributed by atoms with Crippen LogP contribution in [0.5, 0.6) is 0 Å². The van der Waals surface area contributed by atoms with Crippen molar-refractivity contribution in [3.05, 3.63) is 52.6 Å². The van der Waals surface area contributed by atoms with Crippen LogP contribution in [0.4, 0.5) is 4.39 Å². The number of hydrogen-bond donors (Lipinski definition) is 1. The van der Waals surface area contributed by atoms with E-state index < -0.39 is 11.7 Å². The molecule has 0 aliphatic carbocycles. The van der Waals surface area contributed by atoms with Crippen LogP contribution < -0.4 is 5.32 Å². The molecule has 0 spiro atoms. The van der Waals surface area contributed by atoms with E-state index in [4.69, 9.17) is 9.47 Å². The molecule has 3 rings (SSSR count). The molecule has 6 nitrogen and oxygen atoms in total. The Morgan fingerprint density at radius 3 is 3.12 bits per heavy atom. The number of carbonyl (C=O) groups is 1. The maximum absolute atomic E-state index is 13.9. The summed E-state index contributed by atoms with van der Waals surface area (Å²) >= 11 is 0. The van der Waals surface area contributed by atoms with Crippen LogP contribution in [-0.2, 0) is 22.6 Å². The zero-order valence-electron chi connectivity index (χ0n) is 14.4. The molecular weight excluding hydrogens is 325 g/mol. The summed E-state index contributed by atoms with van der Waals surface area (Å²) in [5.41, 5.74) is 2.78. The van der Waals surface area contributed by atoms with Crippen molar-refractivity contribution in [1.82, 2.24) is 15.1 Å². The first kappa shape index (κ1) is 17.6. The standard InChI is InChI=1S/C18H22FN3O3/c1-12-4-3-5-15(19)17(12)18(23)20-8-13-10-25-11-16-14(13)9-21-22(16)6-7-24-2/h3-5,9,13H,6-8,10-11H2,1-2H3,(H,20,23). The molecule has 0 radical (unpaired) electrons. The number of benzene rings is 1. The second-order valence-electron chi connectivity index (χ2n) is 6.12. The monoisotopic (exact) mass is 347 g/mol. The lowest BCUT2D eigenvalue weighted by molar-refractivity contribution is 0.0795. The Balaban J connectivity index is 1.69. The Morgan fingerprint density at radius 2 is 2.36 bits per heavy atom. The molecule has 1 unspecified atom stereocenters. The van der Waals surface area contributed by atoms with Crippen LogP contribution in [0.15, 0.2) is 24.4 Å². The number of fused-ring (bicyclic) bond motifs is 1. The van der Waals surface area contributed by atoms with Crippen molar-refractivity contribution in [3.63, 3.8) is 0 Å². The molecule has 134 valence electrons. The summed E-state index contributed by atoms with van der Waals surface area (Å²) in [6.07, 6.45) is 1.82. The predicted octanol–water partition coefficient (Wildman–Crippen LogP) is 2.02. The third-order valence-electron chi connectivity index (χ3n) is 4.44. The molecule has 1 aliphatic rings. The fourth-order valence-electron chi connectivity index (χ4n) is 3.07. The number of hydrogen-bond acceptors (Lipinski definition) is 4. The van der Waals surface area contributed by atoms with E-state index in [0.29, 0.717) is 38.5 Å². The van der Waals surface area contributed by atoms with E-state index in [-0.39, 0.29) is 11.5 Å². The molecule has 2 aromatic rings. The first-order valence-electron chi connectivity index (χ1n) is 8.26. The smallest absolute Gasteiger partial charge is 0.254 e. The molecule has 25 heavy (non-hydrogen) atoms. The van der Waals surface area contributed by atoms with Crippen molar-refractivity contribution in [2.75, 3.05) is 26.9 Å². The summed E-state index contributed by atoms with van der Waals surface area (Å²) in [5.74, 6) is -0.920. The number of aryl methyl sites for hydroxylation is 1. The minimum Gasteiger partial charge on any atom is -0.383 e. The van der Waals surface area contributed by atoms with Crippen LogP contribution in [0.1, 0.15) is 33.1 Å². The minimum absolute atomic E-state index is 0.00363. The number of methoxy groups -OCH3 is 1. The van der Waals surface area contributed by atoms with Crippen LogP contribution in [0, 0.1) is 12.7 Å². The number of halogens is 1. The van der Waals surface area contributed by atoms with Crippen LogP contribution in [-0.4, -0.2) is 42.6 Å². The molecule has 7 heteroatoms. The van der Waals surface area contributed by atoms with E-state index >= 15 is 0 Å². The maximum atomic E-state index is 13.9. The van der Waals surface area contributed by atoms with Gasteiger partial charge in [-0.15, -0.1) is 0 Å². The Kier molecular flexibility index (Phi) is 5.45. The fourth-order valence-corrected chi connectivity index (χ4v) is 3.07. The molecule has 1 aliphatic heterocycles. The van der Waals surface area contributed by atoms with Gasteiger partial charge < -0.3 is 14.8 Å². The zero-order chi connectivity index (χ0) is 17.8. The normalized spacial score (nSPS) is 16.5. The second kappa shape index (κ2) is 7.76. The summed E-state index contributed by atoms with van der Waals surface area (Å²) in [5, 5.41) is 7.21. The van der Waals surface area contributed by atoms with Gasteiger partial charge in [-0.05, 0) is 18.6 Å². The van der Waals surface area contributed by atoms with Gasteiger partial charge in [0.15, 0.2) is 0 Å². The first-order chi connectivity index (χ1) is 12.1. The number of carbonyl (C=O) groups excluding carboxylic acids is 1. The summed E-state index contributed by atoms with van der Waals surface area (Å²) in [4.78, 5) is 12.4. The first-order valence-corrected chi connectivity index (χ1v) is 8.26. The van der Waals surface area contributed by atoms with Gasteiger partial charge in [-0.2, -0.15) is 5.10 Å². The van der Waals surface area contributed by atoms with Crippen molar-refractivity contribution >= 4 is 5.91 Å². The number of amides is 1. The molecule has 0 saturated heterocycles. The largest absolute Gasteiger partial charge is 0.383 e. The van der Waals surface area contributed by atoms with Crippen molar-refractivity contribution in [1.29, 1.82) is 0 Å². The number of nitrogens with one attached hydrogen (secondary N) is 1. The molecule has 1 N–H and O–H groups in total. The van der Waals surface area contributed by atoms with Gasteiger partial charge in [0.1, 0.15) is 5.82 Å². The van der Waals surface area contributed by atoms with Crippen molar-refractivity contribution in [2.45, 2.75) is 26.0 Å². The van der Waals surface area contributed by atoms with Gasteiger partial charge in [-0.25, -0.2) is 4.39 Å². The number of rotatable bonds is 6. The highest BCUT2D eigenvalue weighted by Crippen LogP contribution is 2.26. The topological polar surface area (TPSA) is 65.4 Å². The SMILES string of the molecule is COCCn1ncc2c1COCC2CNC(=O)c1c(C)cccc1F. The molecule has 0 fully saturated rings. The number of ether oxygens (including phenoxy) is 2. The Labute approximate surface area is 145 Å². The second-order valence-corrected chi connectivity index (χ2v) is 6.12. The van der Waals surface area contributed by atoms with Crippen LogP contribution in [0.3, 0.4) is 0 Å². The lowest BCUT2D eigenvalue weighted by Crippen LogP contribution is -2.33. The molecule has 0 saturated carbocycles. The highest BCUT2D eigenvalue weighted by atomic mass is 19.1. The molecular formula is C18H22FN3O3. The average molecular weight is 347 g/mol. The van der Waals surface area contributed by atoms with Crippen LogP contribution in [0.2, 0.25) is 0 Å². The van der Waals surface area contributed by atoms with Crippen molar-refractivity contribution in [3.8, 4) is 0 Å². The third kappa shape index (κ3) is 3.72. The molecule has 1 amide bonds. The summed E-state index contributed by atoms with van der Waals surface area (Å²) in [7, 11) is 1.65. The quantitative estimate of drug-likeness (QED) is 0.868. The van der Waals surface area contributed by atoms with E-state index in [1.54, 1.807) is 26.2 Å². The van der Waals surface area contributed by atoms with Gasteiger partial charge >= 0.3 is 0 Å². The van der Waals surface area contributed by atoms with Crippen LogP contribution >= 0.6 is 0 Å². The van der Waals surface area contributed by atoms with E-state index in [1.807, 2.05) is 10.9 Å². The summed E-state index contributed by atoms with van der Waals surface area (Å²) in [6, 6.07) is 4.61. The highest BCUT2D eigenvalue weighted by Gasteiger charge is 2.26. The van der Waals surface area contributed by atoms with Crippen LogP contribution in [0.25, 0.3) is 0 Å². The van der Waals surface area contributed by atoms with E-state index in [1.165, 1.54) is 6.07 Å². The van der Waals surface area contributed by atoms with E-state index in [0.717, 1.165) is 11.3 Å². The van der Waals surface area contributed by atoms with E-state index in [9.17, 15) is 9.18 Å². The molecule has 1 atom stereocenters. The van der Waals surface area contributed by atoms with Gasteiger partial charge in [-0.3, -0.25) is 9.48 Å². The fraction of sp³-hybridized carbons (Fsp3) is 0.444. The Hall–Kier alpha value is -2.25. The van der Waals surface area contributed by atoms with E-state index in [2.05, 4.69) is 10.4 Å². The maximum Gasteiger partial charge on any atom is 0.254 e. The molecule has 0 bridgehead atoms. The third-order valence-corrected chi connectivity index (χ3v) is 4.44. The number of nitrogens with zero attached hydrogens (tertiary/aromatic N) is 2. The Bertz CT molecular complexity index is 740.